The second-order valence-corrected chi connectivity index (χ2v) is 8.16. The third kappa shape index (κ3) is 4.83. The molecule has 1 aromatic rings. The van der Waals surface area contributed by atoms with Crippen LogP contribution in [0.25, 0.3) is 0 Å². The molecular formula is C15H24ClN3O3S. The van der Waals surface area contributed by atoms with Gasteiger partial charge in [-0.3, -0.25) is 9.52 Å². The SMILES string of the molecule is Cc1ccc(NS(C)(=O)=O)c(C(=O)N2CCC(C)(CN)C2)c1.Cl. The number of amides is 1. The monoisotopic (exact) mass is 361 g/mol. The number of anilines is 1. The third-order valence-electron chi connectivity index (χ3n) is 4.04. The number of benzene rings is 1. The number of nitrogens with two attached hydrogens (primary N) is 1. The second-order valence-electron chi connectivity index (χ2n) is 6.41. The normalized spacial score (nSPS) is 21.0. The maximum absolute atomic E-state index is 12.8. The van der Waals surface area contributed by atoms with Gasteiger partial charge in [0.1, 0.15) is 0 Å². The number of carbonyl (C=O) groups is 1. The van der Waals surface area contributed by atoms with Crippen LogP contribution in [0.4, 0.5) is 5.69 Å². The standard InChI is InChI=1S/C15H23N3O3S.ClH/c1-11-4-5-13(17-22(3,20)21)12(8-11)14(19)18-7-6-15(2,9-16)10-18;/h4-5,8,17H,6-7,9-10,16H2,1-3H3;1H. The van der Waals surface area contributed by atoms with Crippen molar-refractivity contribution in [3.05, 3.63) is 29.3 Å². The van der Waals surface area contributed by atoms with Crippen molar-refractivity contribution in [1.82, 2.24) is 4.90 Å². The minimum Gasteiger partial charge on any atom is -0.338 e. The molecule has 1 aliphatic rings. The van der Waals surface area contributed by atoms with Gasteiger partial charge in [0, 0.05) is 13.1 Å². The van der Waals surface area contributed by atoms with Gasteiger partial charge in [-0.15, -0.1) is 12.4 Å². The fraction of sp³-hybridized carbons (Fsp3) is 0.533. The molecule has 0 spiro atoms. The average molecular weight is 362 g/mol. The number of nitrogens with zero attached hydrogens (tertiary/aromatic N) is 1. The predicted octanol–water partition coefficient (Wildman–Crippen LogP) is 1.60. The molecule has 2 rings (SSSR count). The molecule has 1 aliphatic heterocycles. The van der Waals surface area contributed by atoms with E-state index in [9.17, 15) is 13.2 Å². The first kappa shape index (κ1) is 19.7. The van der Waals surface area contributed by atoms with Crippen molar-refractivity contribution >= 4 is 34.0 Å². The maximum Gasteiger partial charge on any atom is 0.256 e. The molecule has 1 atom stereocenters. The van der Waals surface area contributed by atoms with Crippen molar-refractivity contribution in [2.45, 2.75) is 20.3 Å². The van der Waals surface area contributed by atoms with Gasteiger partial charge in [0.2, 0.25) is 10.0 Å². The fourth-order valence-corrected chi connectivity index (χ4v) is 3.24. The van der Waals surface area contributed by atoms with E-state index in [2.05, 4.69) is 11.6 Å². The molecule has 1 amide bonds. The number of rotatable bonds is 4. The Morgan fingerprint density at radius 3 is 2.61 bits per heavy atom. The van der Waals surface area contributed by atoms with Gasteiger partial charge in [-0.25, -0.2) is 8.42 Å². The molecule has 6 nitrogen and oxygen atoms in total. The Kier molecular flexibility index (Phi) is 6.06. The lowest BCUT2D eigenvalue weighted by molar-refractivity contribution is 0.0778. The Balaban J connectivity index is 0.00000264. The highest BCUT2D eigenvalue weighted by atomic mass is 35.5. The first-order valence-corrected chi connectivity index (χ1v) is 9.10. The van der Waals surface area contributed by atoms with Gasteiger partial charge in [-0.05, 0) is 37.4 Å². The highest BCUT2D eigenvalue weighted by molar-refractivity contribution is 7.92. The average Bonchev–Trinajstić information content (AvgIpc) is 2.82. The molecule has 1 aromatic carbocycles. The molecule has 130 valence electrons. The summed E-state index contributed by atoms with van der Waals surface area (Å²) in [6, 6.07) is 5.12. The summed E-state index contributed by atoms with van der Waals surface area (Å²) in [4.78, 5) is 14.5. The lowest BCUT2D eigenvalue weighted by Gasteiger charge is -2.23. The zero-order valence-electron chi connectivity index (χ0n) is 13.6. The number of carbonyl (C=O) groups excluding carboxylic acids is 1. The Morgan fingerprint density at radius 2 is 2.09 bits per heavy atom. The summed E-state index contributed by atoms with van der Waals surface area (Å²) >= 11 is 0. The van der Waals surface area contributed by atoms with Crippen molar-refractivity contribution in [3.8, 4) is 0 Å². The van der Waals surface area contributed by atoms with Crippen LogP contribution >= 0.6 is 12.4 Å². The Hall–Kier alpha value is -1.31. The van der Waals surface area contributed by atoms with Crippen molar-refractivity contribution in [3.63, 3.8) is 0 Å². The zero-order chi connectivity index (χ0) is 16.5. The van der Waals surface area contributed by atoms with Gasteiger partial charge in [-0.2, -0.15) is 0 Å². The number of sulfonamides is 1. The molecule has 0 radical (unpaired) electrons. The van der Waals surface area contributed by atoms with Crippen LogP contribution in [0.5, 0.6) is 0 Å². The van der Waals surface area contributed by atoms with E-state index in [1.165, 1.54) is 0 Å². The van der Waals surface area contributed by atoms with Gasteiger partial charge in [-0.1, -0.05) is 18.6 Å². The smallest absolute Gasteiger partial charge is 0.256 e. The van der Waals surface area contributed by atoms with Crippen LogP contribution in [0.2, 0.25) is 0 Å². The molecule has 8 heteroatoms. The predicted molar refractivity (Wildman–Crippen MR) is 94.6 cm³/mol. The van der Waals surface area contributed by atoms with E-state index in [1.807, 2.05) is 6.92 Å². The fourth-order valence-electron chi connectivity index (χ4n) is 2.66. The number of halogens is 1. The highest BCUT2D eigenvalue weighted by Gasteiger charge is 2.35. The number of aryl methyl sites for hydroxylation is 1. The lowest BCUT2D eigenvalue weighted by Crippen LogP contribution is -2.35. The zero-order valence-corrected chi connectivity index (χ0v) is 15.3. The summed E-state index contributed by atoms with van der Waals surface area (Å²) in [5.74, 6) is -0.160. The van der Waals surface area contributed by atoms with Crippen LogP contribution in [0.15, 0.2) is 18.2 Å². The second kappa shape index (κ2) is 7.07. The molecule has 0 aromatic heterocycles. The third-order valence-corrected chi connectivity index (χ3v) is 4.63. The van der Waals surface area contributed by atoms with Crippen LogP contribution in [0.1, 0.15) is 29.3 Å². The molecule has 0 aliphatic carbocycles. The van der Waals surface area contributed by atoms with E-state index < -0.39 is 10.0 Å². The largest absolute Gasteiger partial charge is 0.338 e. The van der Waals surface area contributed by atoms with Crippen LogP contribution in [-0.4, -0.2) is 45.1 Å². The topological polar surface area (TPSA) is 92.5 Å². The van der Waals surface area contributed by atoms with Crippen molar-refractivity contribution < 1.29 is 13.2 Å². The highest BCUT2D eigenvalue weighted by Crippen LogP contribution is 2.31. The van der Waals surface area contributed by atoms with Gasteiger partial charge in [0.15, 0.2) is 0 Å². The van der Waals surface area contributed by atoms with Gasteiger partial charge < -0.3 is 10.6 Å². The molecule has 0 bridgehead atoms. The van der Waals surface area contributed by atoms with Crippen LogP contribution in [-0.2, 0) is 10.0 Å². The lowest BCUT2D eigenvalue weighted by atomic mass is 9.90. The van der Waals surface area contributed by atoms with E-state index >= 15 is 0 Å². The first-order chi connectivity index (χ1) is 10.1. The summed E-state index contributed by atoms with van der Waals surface area (Å²) in [6.45, 7) is 5.69. The molecule has 1 fully saturated rings. The Morgan fingerprint density at radius 1 is 1.43 bits per heavy atom. The Labute approximate surface area is 143 Å². The van der Waals surface area contributed by atoms with Gasteiger partial charge >= 0.3 is 0 Å². The summed E-state index contributed by atoms with van der Waals surface area (Å²) in [5.41, 5.74) is 7.32. The minimum absolute atomic E-state index is 0. The first-order valence-electron chi connectivity index (χ1n) is 7.21. The van der Waals surface area contributed by atoms with Crippen LogP contribution in [0.3, 0.4) is 0 Å². The molecular weight excluding hydrogens is 338 g/mol. The molecule has 1 saturated heterocycles. The van der Waals surface area contributed by atoms with E-state index in [0.29, 0.717) is 30.9 Å². The quantitative estimate of drug-likeness (QED) is 0.851. The van der Waals surface area contributed by atoms with Crippen LogP contribution in [0, 0.1) is 12.3 Å². The number of hydrogen-bond acceptors (Lipinski definition) is 4. The summed E-state index contributed by atoms with van der Waals surface area (Å²) in [6.07, 6.45) is 1.93. The molecule has 0 saturated carbocycles. The molecule has 23 heavy (non-hydrogen) atoms. The van der Waals surface area contributed by atoms with E-state index in [0.717, 1.165) is 18.2 Å². The Bertz CT molecular complexity index is 693. The van der Waals surface area contributed by atoms with E-state index in [4.69, 9.17) is 5.73 Å². The number of nitrogens with one attached hydrogen (secondary N) is 1. The number of hydrogen-bond donors (Lipinski definition) is 2. The summed E-state index contributed by atoms with van der Waals surface area (Å²) in [7, 11) is -3.44. The van der Waals surface area contributed by atoms with Crippen molar-refractivity contribution in [1.29, 1.82) is 0 Å². The van der Waals surface area contributed by atoms with Crippen molar-refractivity contribution in [2.75, 3.05) is 30.6 Å². The van der Waals surface area contributed by atoms with E-state index in [-0.39, 0.29) is 23.7 Å². The van der Waals surface area contributed by atoms with E-state index in [1.54, 1.807) is 23.1 Å². The minimum atomic E-state index is -3.44. The van der Waals surface area contributed by atoms with Crippen LogP contribution < -0.4 is 10.5 Å². The number of likely N-dealkylation sites (tertiary alicyclic amines) is 1. The van der Waals surface area contributed by atoms with Gasteiger partial charge in [0.25, 0.3) is 5.91 Å². The molecule has 1 heterocycles. The summed E-state index contributed by atoms with van der Waals surface area (Å²) < 4.78 is 25.4. The van der Waals surface area contributed by atoms with Crippen molar-refractivity contribution in [2.24, 2.45) is 11.1 Å². The molecule has 3 N–H and O–H groups in total. The molecule has 1 unspecified atom stereocenters. The maximum atomic E-state index is 12.8. The van der Waals surface area contributed by atoms with Gasteiger partial charge in [0.05, 0.1) is 17.5 Å². The summed E-state index contributed by atoms with van der Waals surface area (Å²) in [5, 5.41) is 0.